The normalized spacial score (nSPS) is 13.0. The van der Waals surface area contributed by atoms with E-state index in [2.05, 4.69) is 191 Å². The first kappa shape index (κ1) is 32.4. The molecule has 0 radical (unpaired) electrons. The Labute approximate surface area is 342 Å². The van der Waals surface area contributed by atoms with Crippen molar-refractivity contribution >= 4 is 103 Å². The first-order chi connectivity index (χ1) is 28.8. The molecule has 0 atom stereocenters. The van der Waals surface area contributed by atoms with Crippen LogP contribution in [-0.4, -0.2) is 9.13 Å². The quantitative estimate of drug-likeness (QED) is 0.169. The molecule has 2 nitrogen and oxygen atoms in total. The van der Waals surface area contributed by atoms with Gasteiger partial charge in [0.15, 0.2) is 0 Å². The maximum atomic E-state index is 2.47. The smallest absolute Gasteiger partial charge is 0.0547 e. The average Bonchev–Trinajstić information content (AvgIpc) is 4.04. The van der Waals surface area contributed by atoms with E-state index in [9.17, 15) is 0 Å². The van der Waals surface area contributed by atoms with Crippen LogP contribution in [0.5, 0.6) is 0 Å². The fourth-order valence-corrected chi connectivity index (χ4v) is 12.4. The van der Waals surface area contributed by atoms with E-state index < -0.39 is 0 Å². The summed E-state index contributed by atoms with van der Waals surface area (Å²) in [6.45, 7) is 0. The average molecular weight is 775 g/mol. The third kappa shape index (κ3) is 4.53. The van der Waals surface area contributed by atoms with Gasteiger partial charge in [0.1, 0.15) is 0 Å². The van der Waals surface area contributed by atoms with Crippen molar-refractivity contribution in [2.75, 3.05) is 0 Å². The number of rotatable bonds is 4. The Morgan fingerprint density at radius 1 is 0.379 bits per heavy atom. The van der Waals surface area contributed by atoms with Crippen LogP contribution in [0, 0.1) is 0 Å². The van der Waals surface area contributed by atoms with E-state index >= 15 is 0 Å². The summed E-state index contributed by atoms with van der Waals surface area (Å²) >= 11 is 3.84. The van der Waals surface area contributed by atoms with Crippen LogP contribution in [0.3, 0.4) is 0 Å². The minimum absolute atomic E-state index is 1.12. The first-order valence-electron chi connectivity index (χ1n) is 20.1. The molecule has 13 rings (SSSR count). The van der Waals surface area contributed by atoms with Crippen molar-refractivity contribution in [2.24, 2.45) is 0 Å². The number of benzene rings is 8. The molecule has 0 unspecified atom stereocenters. The van der Waals surface area contributed by atoms with Crippen LogP contribution in [-0.2, 0) is 6.42 Å². The Morgan fingerprint density at radius 2 is 0.862 bits per heavy atom. The molecule has 0 fully saturated rings. The van der Waals surface area contributed by atoms with Gasteiger partial charge in [-0.05, 0) is 101 Å². The Morgan fingerprint density at radius 3 is 1.52 bits per heavy atom. The minimum atomic E-state index is 1.12. The van der Waals surface area contributed by atoms with Crippen molar-refractivity contribution in [1.29, 1.82) is 0 Å². The van der Waals surface area contributed by atoms with Crippen LogP contribution < -0.4 is 0 Å². The van der Waals surface area contributed by atoms with E-state index in [1.807, 2.05) is 22.7 Å². The Kier molecular flexibility index (Phi) is 6.91. The van der Waals surface area contributed by atoms with Gasteiger partial charge in [-0.1, -0.05) is 121 Å². The molecular formula is C54H34N2S2. The van der Waals surface area contributed by atoms with Gasteiger partial charge in [-0.2, -0.15) is 0 Å². The van der Waals surface area contributed by atoms with E-state index in [1.165, 1.54) is 107 Å². The van der Waals surface area contributed by atoms with Crippen molar-refractivity contribution < 1.29 is 0 Å². The molecular weight excluding hydrogens is 741 g/mol. The third-order valence-corrected chi connectivity index (χ3v) is 14.7. The van der Waals surface area contributed by atoms with Gasteiger partial charge in [-0.3, -0.25) is 0 Å². The molecule has 58 heavy (non-hydrogen) atoms. The third-order valence-electron chi connectivity index (χ3n) is 12.4. The lowest BCUT2D eigenvalue weighted by Gasteiger charge is -2.14. The number of aryl methyl sites for hydroxylation is 1. The molecule has 12 aromatic rings. The molecule has 4 heteroatoms. The summed E-state index contributed by atoms with van der Waals surface area (Å²) in [4.78, 5) is 1.51. The number of fused-ring (bicyclic) bond motifs is 12. The zero-order valence-corrected chi connectivity index (χ0v) is 33.1. The van der Waals surface area contributed by atoms with Gasteiger partial charge in [0.2, 0.25) is 0 Å². The van der Waals surface area contributed by atoms with Crippen LogP contribution >= 0.6 is 22.7 Å². The number of para-hydroxylation sites is 2. The van der Waals surface area contributed by atoms with Gasteiger partial charge in [0.25, 0.3) is 0 Å². The number of thiophene rings is 2. The second-order valence-corrected chi connectivity index (χ2v) is 17.7. The first-order valence-corrected chi connectivity index (χ1v) is 21.7. The van der Waals surface area contributed by atoms with E-state index in [0.29, 0.717) is 0 Å². The predicted octanol–water partition coefficient (Wildman–Crippen LogP) is 15.8. The largest absolute Gasteiger partial charge is 0.309 e. The van der Waals surface area contributed by atoms with E-state index in [4.69, 9.17) is 0 Å². The summed E-state index contributed by atoms with van der Waals surface area (Å²) in [6.07, 6.45) is 6.95. The Balaban J connectivity index is 1.04. The molecule has 1 aliphatic rings. The monoisotopic (exact) mass is 774 g/mol. The van der Waals surface area contributed by atoms with Crippen molar-refractivity contribution in [1.82, 2.24) is 9.13 Å². The van der Waals surface area contributed by atoms with E-state index in [0.717, 1.165) is 24.2 Å². The predicted molar refractivity (Wildman–Crippen MR) is 252 cm³/mol. The number of aromatic nitrogens is 2. The molecule has 4 heterocycles. The molecule has 8 aromatic carbocycles. The number of nitrogens with zero attached hydrogens (tertiary/aromatic N) is 2. The molecule has 0 spiro atoms. The SMILES string of the molecule is C1=Cc2c(sc3cccc(-c4cccc5c4c4ccccc4n5-c4cccc(-n5c6ccccc6c6c(-c7cccc8sc9ccccc9c78)cccc65)c4)c23)CC1. The highest BCUT2D eigenvalue weighted by atomic mass is 32.1. The standard InChI is InChI=1S/C54H34N2S2/c1-5-24-43-39(16-1)51-35(37-22-12-30-49-53(37)41-18-3-7-28-47(41)57-49)20-10-26-45(51)55(43)33-14-9-15-34(32-33)56-44-25-6-2-17-40(44)52-36(21-11-27-46(52)56)38-23-13-31-50-54(38)42-19-4-8-29-48(42)58-50/h1-7,9-28,30-32H,8,29H2. The van der Waals surface area contributed by atoms with Gasteiger partial charge >= 0.3 is 0 Å². The van der Waals surface area contributed by atoms with E-state index in [1.54, 1.807) is 0 Å². The van der Waals surface area contributed by atoms with Crippen LogP contribution in [0.15, 0.2) is 176 Å². The van der Waals surface area contributed by atoms with Crippen LogP contribution in [0.4, 0.5) is 0 Å². The summed E-state index contributed by atoms with van der Waals surface area (Å²) < 4.78 is 8.97. The summed E-state index contributed by atoms with van der Waals surface area (Å²) in [5.41, 5.74) is 13.7. The number of hydrogen-bond acceptors (Lipinski definition) is 2. The molecule has 0 saturated carbocycles. The molecule has 272 valence electrons. The van der Waals surface area contributed by atoms with Gasteiger partial charge in [-0.15, -0.1) is 22.7 Å². The van der Waals surface area contributed by atoms with E-state index in [-0.39, 0.29) is 0 Å². The summed E-state index contributed by atoms with van der Waals surface area (Å²) in [6, 6.07) is 63.2. The van der Waals surface area contributed by atoms with Crippen LogP contribution in [0.1, 0.15) is 16.9 Å². The zero-order chi connectivity index (χ0) is 37.9. The highest BCUT2D eigenvalue weighted by Crippen LogP contribution is 2.47. The fourth-order valence-electron chi connectivity index (χ4n) is 10.0. The Bertz CT molecular complexity index is 3700. The van der Waals surface area contributed by atoms with Crippen molar-refractivity contribution in [3.05, 3.63) is 186 Å². The topological polar surface area (TPSA) is 9.86 Å². The van der Waals surface area contributed by atoms with Gasteiger partial charge in [-0.25, -0.2) is 0 Å². The summed E-state index contributed by atoms with van der Waals surface area (Å²) in [7, 11) is 0. The minimum Gasteiger partial charge on any atom is -0.309 e. The molecule has 0 saturated heterocycles. The van der Waals surface area contributed by atoms with Crippen molar-refractivity contribution in [2.45, 2.75) is 12.8 Å². The van der Waals surface area contributed by atoms with Crippen molar-refractivity contribution in [3.8, 4) is 33.6 Å². The van der Waals surface area contributed by atoms with Crippen molar-refractivity contribution in [3.63, 3.8) is 0 Å². The molecule has 0 N–H and O–H groups in total. The maximum absolute atomic E-state index is 2.47. The lowest BCUT2D eigenvalue weighted by Crippen LogP contribution is -1.98. The van der Waals surface area contributed by atoms with Gasteiger partial charge in [0, 0.05) is 68.1 Å². The molecule has 0 bridgehead atoms. The fraction of sp³-hybridized carbons (Fsp3) is 0.0370. The number of hydrogen-bond donors (Lipinski definition) is 0. The Hall–Kier alpha value is -6.72. The highest BCUT2D eigenvalue weighted by molar-refractivity contribution is 7.26. The lowest BCUT2D eigenvalue weighted by molar-refractivity contribution is 1.02. The second-order valence-electron chi connectivity index (χ2n) is 15.5. The molecule has 1 aliphatic carbocycles. The van der Waals surface area contributed by atoms with Crippen LogP contribution in [0.25, 0.3) is 114 Å². The molecule has 4 aromatic heterocycles. The highest BCUT2D eigenvalue weighted by Gasteiger charge is 2.22. The number of allylic oxidation sites excluding steroid dienone is 1. The zero-order valence-electron chi connectivity index (χ0n) is 31.4. The van der Waals surface area contributed by atoms with Gasteiger partial charge < -0.3 is 9.13 Å². The lowest BCUT2D eigenvalue weighted by atomic mass is 9.93. The maximum Gasteiger partial charge on any atom is 0.0547 e. The molecule has 0 amide bonds. The van der Waals surface area contributed by atoms with Crippen LogP contribution in [0.2, 0.25) is 0 Å². The summed E-state index contributed by atoms with van der Waals surface area (Å²) in [5, 5.41) is 9.16. The molecule has 0 aliphatic heterocycles. The second kappa shape index (κ2) is 12.4. The summed E-state index contributed by atoms with van der Waals surface area (Å²) in [5.74, 6) is 0. The van der Waals surface area contributed by atoms with Gasteiger partial charge in [0.05, 0.1) is 22.1 Å².